The van der Waals surface area contributed by atoms with Crippen LogP contribution in [0.2, 0.25) is 0 Å². The zero-order chi connectivity index (χ0) is 22.1. The van der Waals surface area contributed by atoms with E-state index in [0.717, 1.165) is 37.4 Å². The molecule has 2 aliphatic rings. The highest BCUT2D eigenvalue weighted by Crippen LogP contribution is 2.35. The first-order valence-corrected chi connectivity index (χ1v) is 11.2. The van der Waals surface area contributed by atoms with Gasteiger partial charge in [0.2, 0.25) is 0 Å². The van der Waals surface area contributed by atoms with Gasteiger partial charge in [-0.05, 0) is 17.7 Å². The number of benzene rings is 1. The molecule has 1 saturated heterocycles. The number of nitrogens with one attached hydrogen (secondary N) is 2. The predicted molar refractivity (Wildman–Crippen MR) is 123 cm³/mol. The van der Waals surface area contributed by atoms with Gasteiger partial charge in [0.15, 0.2) is 5.13 Å². The third-order valence-corrected chi connectivity index (χ3v) is 6.44. The summed E-state index contributed by atoms with van der Waals surface area (Å²) in [5.74, 6) is 0.0344. The van der Waals surface area contributed by atoms with E-state index < -0.39 is 0 Å². The highest BCUT2D eigenvalue weighted by atomic mass is 32.1. The summed E-state index contributed by atoms with van der Waals surface area (Å²) in [6.07, 6.45) is 3.37. The SMILES string of the molecule is COc1cccc2c1C(=O)N(c1nc(C(=O)Nc3cnccc3N3CCNCC3)cs1)C2. The molecule has 0 unspecified atom stereocenters. The smallest absolute Gasteiger partial charge is 0.275 e. The average Bonchev–Trinajstić information content (AvgIpc) is 3.45. The first-order chi connectivity index (χ1) is 15.7. The summed E-state index contributed by atoms with van der Waals surface area (Å²) in [6.45, 7) is 3.89. The number of rotatable bonds is 5. The Hall–Kier alpha value is -3.50. The Morgan fingerprint density at radius 3 is 2.91 bits per heavy atom. The molecule has 10 heteroatoms. The average molecular weight is 451 g/mol. The molecule has 0 atom stereocenters. The zero-order valence-corrected chi connectivity index (χ0v) is 18.3. The predicted octanol–water partition coefficient (Wildman–Crippen LogP) is 2.37. The molecule has 9 nitrogen and oxygen atoms in total. The van der Waals surface area contributed by atoms with Crippen LogP contribution in [0.1, 0.15) is 26.4 Å². The summed E-state index contributed by atoms with van der Waals surface area (Å²) in [6, 6.07) is 7.43. The van der Waals surface area contributed by atoms with E-state index in [0.29, 0.717) is 28.7 Å². The Balaban J connectivity index is 1.34. The van der Waals surface area contributed by atoms with Gasteiger partial charge in [-0.2, -0.15) is 0 Å². The van der Waals surface area contributed by atoms with E-state index in [4.69, 9.17) is 4.74 Å². The molecular weight excluding hydrogens is 428 g/mol. The van der Waals surface area contributed by atoms with Crippen LogP contribution >= 0.6 is 11.3 Å². The van der Waals surface area contributed by atoms with Gasteiger partial charge in [0, 0.05) is 37.8 Å². The summed E-state index contributed by atoms with van der Waals surface area (Å²) in [4.78, 5) is 38.3. The van der Waals surface area contributed by atoms with Crippen molar-refractivity contribution in [2.24, 2.45) is 0 Å². The molecule has 4 heterocycles. The van der Waals surface area contributed by atoms with Crippen molar-refractivity contribution in [1.82, 2.24) is 15.3 Å². The number of hydrogen-bond donors (Lipinski definition) is 2. The third kappa shape index (κ3) is 3.67. The number of piperazine rings is 1. The van der Waals surface area contributed by atoms with Gasteiger partial charge >= 0.3 is 0 Å². The van der Waals surface area contributed by atoms with Crippen molar-refractivity contribution < 1.29 is 14.3 Å². The van der Waals surface area contributed by atoms with Crippen LogP contribution < -0.4 is 25.2 Å². The Bertz CT molecular complexity index is 1170. The van der Waals surface area contributed by atoms with Crippen LogP contribution in [0.25, 0.3) is 0 Å². The van der Waals surface area contributed by atoms with Gasteiger partial charge in [-0.1, -0.05) is 12.1 Å². The number of nitrogens with zero attached hydrogens (tertiary/aromatic N) is 4. The summed E-state index contributed by atoms with van der Waals surface area (Å²) in [7, 11) is 1.55. The molecule has 0 aliphatic carbocycles. The van der Waals surface area contributed by atoms with Gasteiger partial charge in [0.25, 0.3) is 11.8 Å². The van der Waals surface area contributed by atoms with Crippen molar-refractivity contribution in [3.8, 4) is 5.75 Å². The Morgan fingerprint density at radius 2 is 2.09 bits per heavy atom. The summed E-state index contributed by atoms with van der Waals surface area (Å²) in [5.41, 5.74) is 3.26. The Kier molecular flexibility index (Phi) is 5.46. The van der Waals surface area contributed by atoms with Crippen LogP contribution in [-0.2, 0) is 6.54 Å². The highest BCUT2D eigenvalue weighted by Gasteiger charge is 2.33. The fourth-order valence-corrected chi connectivity index (χ4v) is 4.80. The van der Waals surface area contributed by atoms with E-state index >= 15 is 0 Å². The van der Waals surface area contributed by atoms with Crippen LogP contribution in [0.15, 0.2) is 42.0 Å². The van der Waals surface area contributed by atoms with Crippen LogP contribution in [0, 0.1) is 0 Å². The molecule has 1 fully saturated rings. The van der Waals surface area contributed by atoms with E-state index in [1.54, 1.807) is 35.8 Å². The molecule has 2 aliphatic heterocycles. The molecular formula is C22H22N6O3S. The number of anilines is 3. The first-order valence-electron chi connectivity index (χ1n) is 10.3. The van der Waals surface area contributed by atoms with Gasteiger partial charge in [0.05, 0.1) is 36.8 Å². The Labute approximate surface area is 189 Å². The summed E-state index contributed by atoms with van der Waals surface area (Å²) >= 11 is 1.26. The fourth-order valence-electron chi connectivity index (χ4n) is 4.00. The van der Waals surface area contributed by atoms with Gasteiger partial charge < -0.3 is 20.3 Å². The molecule has 32 heavy (non-hydrogen) atoms. The maximum absolute atomic E-state index is 13.0. The number of methoxy groups -OCH3 is 1. The van der Waals surface area contributed by atoms with Gasteiger partial charge in [-0.25, -0.2) is 4.98 Å². The molecule has 0 spiro atoms. The minimum atomic E-state index is -0.335. The lowest BCUT2D eigenvalue weighted by Gasteiger charge is -2.30. The number of pyridine rings is 1. The first kappa shape index (κ1) is 20.4. The minimum Gasteiger partial charge on any atom is -0.496 e. The number of fused-ring (bicyclic) bond motifs is 1. The lowest BCUT2D eigenvalue weighted by atomic mass is 10.1. The molecule has 164 valence electrons. The quantitative estimate of drug-likeness (QED) is 0.616. The molecule has 2 N–H and O–H groups in total. The summed E-state index contributed by atoms with van der Waals surface area (Å²) in [5, 5.41) is 8.40. The number of ether oxygens (including phenoxy) is 1. The molecule has 3 aromatic rings. The van der Waals surface area contributed by atoms with Crippen molar-refractivity contribution in [2.75, 3.05) is 48.4 Å². The van der Waals surface area contributed by atoms with Crippen LogP contribution in [0.5, 0.6) is 5.75 Å². The molecule has 1 aromatic carbocycles. The van der Waals surface area contributed by atoms with E-state index in [1.807, 2.05) is 18.2 Å². The number of thiazole rings is 1. The largest absolute Gasteiger partial charge is 0.496 e. The van der Waals surface area contributed by atoms with E-state index in [2.05, 4.69) is 25.5 Å². The highest BCUT2D eigenvalue weighted by molar-refractivity contribution is 7.14. The number of carbonyl (C=O) groups is 2. The van der Waals surface area contributed by atoms with Crippen LogP contribution in [0.3, 0.4) is 0 Å². The number of aromatic nitrogens is 2. The van der Waals surface area contributed by atoms with Gasteiger partial charge in [-0.15, -0.1) is 11.3 Å². The zero-order valence-electron chi connectivity index (χ0n) is 17.5. The lowest BCUT2D eigenvalue weighted by molar-refractivity contribution is 0.0989. The lowest BCUT2D eigenvalue weighted by Crippen LogP contribution is -2.43. The monoisotopic (exact) mass is 450 g/mol. The molecule has 0 radical (unpaired) electrons. The number of amides is 2. The van der Waals surface area contributed by atoms with Crippen LogP contribution in [-0.4, -0.2) is 55.1 Å². The van der Waals surface area contributed by atoms with Crippen molar-refractivity contribution in [3.05, 3.63) is 58.9 Å². The second kappa shape index (κ2) is 8.56. The van der Waals surface area contributed by atoms with Crippen molar-refractivity contribution in [3.63, 3.8) is 0 Å². The molecule has 0 bridgehead atoms. The summed E-state index contributed by atoms with van der Waals surface area (Å²) < 4.78 is 5.34. The van der Waals surface area contributed by atoms with Gasteiger partial charge in [-0.3, -0.25) is 19.5 Å². The van der Waals surface area contributed by atoms with Crippen molar-refractivity contribution >= 4 is 39.7 Å². The number of carbonyl (C=O) groups excluding carboxylic acids is 2. The van der Waals surface area contributed by atoms with E-state index in [9.17, 15) is 9.59 Å². The third-order valence-electron chi connectivity index (χ3n) is 5.58. The second-order valence-corrected chi connectivity index (χ2v) is 8.32. The van der Waals surface area contributed by atoms with Crippen molar-refractivity contribution in [1.29, 1.82) is 0 Å². The topological polar surface area (TPSA) is 99.7 Å². The van der Waals surface area contributed by atoms with E-state index in [1.165, 1.54) is 11.3 Å². The molecule has 2 aromatic heterocycles. The van der Waals surface area contributed by atoms with E-state index in [-0.39, 0.29) is 17.5 Å². The second-order valence-electron chi connectivity index (χ2n) is 7.49. The van der Waals surface area contributed by atoms with Gasteiger partial charge in [0.1, 0.15) is 11.4 Å². The number of hydrogen-bond acceptors (Lipinski definition) is 8. The maximum atomic E-state index is 13.0. The standard InChI is InChI=1S/C22H22N6O3S/c1-31-18-4-2-3-14-12-28(21(30)19(14)18)22-26-16(13-32-22)20(29)25-15-11-24-6-5-17(15)27-9-7-23-8-10-27/h2-6,11,13,23H,7-10,12H2,1H3,(H,25,29). The minimum absolute atomic E-state index is 0.174. The molecule has 2 amide bonds. The maximum Gasteiger partial charge on any atom is 0.275 e. The fraction of sp³-hybridized carbons (Fsp3) is 0.273. The molecule has 0 saturated carbocycles. The van der Waals surface area contributed by atoms with Crippen molar-refractivity contribution in [2.45, 2.75) is 6.54 Å². The normalized spacial score (nSPS) is 15.6. The Morgan fingerprint density at radius 1 is 1.25 bits per heavy atom. The molecule has 5 rings (SSSR count). The van der Waals surface area contributed by atoms with Crippen LogP contribution in [0.4, 0.5) is 16.5 Å².